The summed E-state index contributed by atoms with van der Waals surface area (Å²) < 4.78 is 0. The van der Waals surface area contributed by atoms with Crippen LogP contribution in [0.1, 0.15) is 5.56 Å². The molecule has 1 aromatic carbocycles. The maximum absolute atomic E-state index is 11.0. The predicted octanol–water partition coefficient (Wildman–Crippen LogP) is 1.32. The van der Waals surface area contributed by atoms with Crippen molar-refractivity contribution in [2.75, 3.05) is 11.9 Å². The van der Waals surface area contributed by atoms with Crippen LogP contribution < -0.4 is 10.6 Å². The largest absolute Gasteiger partial charge is 0.351 e. The van der Waals surface area contributed by atoms with Gasteiger partial charge >= 0.3 is 6.03 Å². The molecule has 0 aromatic heterocycles. The molecule has 0 atom stereocenters. The summed E-state index contributed by atoms with van der Waals surface area (Å²) in [7, 11) is 1.57. The van der Waals surface area contributed by atoms with Crippen molar-refractivity contribution in [3.63, 3.8) is 0 Å². The Balaban J connectivity index is 3.11. The predicted molar refractivity (Wildman–Crippen MR) is 59.2 cm³/mol. The smallest absolute Gasteiger partial charge is 0.319 e. The number of para-hydroxylation sites is 1. The van der Waals surface area contributed by atoms with Gasteiger partial charge < -0.3 is 5.73 Å². The average molecular weight is 203 g/mol. The molecular formula is C11H11N2O2. The Bertz CT molecular complexity index is 399. The van der Waals surface area contributed by atoms with Crippen LogP contribution >= 0.6 is 0 Å². The van der Waals surface area contributed by atoms with Crippen molar-refractivity contribution in [1.29, 1.82) is 0 Å². The second-order valence-electron chi connectivity index (χ2n) is 2.91. The van der Waals surface area contributed by atoms with Crippen molar-refractivity contribution < 1.29 is 9.59 Å². The molecule has 77 valence electrons. The summed E-state index contributed by atoms with van der Waals surface area (Å²) in [5, 5.41) is 0. The van der Waals surface area contributed by atoms with Crippen molar-refractivity contribution in [2.24, 2.45) is 5.73 Å². The number of carbonyl (C=O) groups excluding carboxylic acids is 2. The molecule has 0 aliphatic carbocycles. The first-order chi connectivity index (χ1) is 7.16. The van der Waals surface area contributed by atoms with Crippen LogP contribution in [0.15, 0.2) is 30.3 Å². The molecule has 1 aromatic rings. The third-order valence-corrected chi connectivity index (χ3v) is 1.96. The number of anilines is 1. The Labute approximate surface area is 88.0 Å². The fraction of sp³-hybridized carbons (Fsp3) is 0.0909. The maximum atomic E-state index is 11.0. The number of carbonyl (C=O) groups is 1. The Morgan fingerprint density at radius 2 is 2.13 bits per heavy atom. The van der Waals surface area contributed by atoms with Gasteiger partial charge in [-0.05, 0) is 23.8 Å². The van der Waals surface area contributed by atoms with E-state index in [2.05, 4.69) is 0 Å². The summed E-state index contributed by atoms with van der Waals surface area (Å²) in [4.78, 5) is 22.4. The van der Waals surface area contributed by atoms with Gasteiger partial charge in [-0.1, -0.05) is 18.2 Å². The van der Waals surface area contributed by atoms with Crippen molar-refractivity contribution in [2.45, 2.75) is 0 Å². The van der Waals surface area contributed by atoms with E-state index in [4.69, 9.17) is 5.73 Å². The van der Waals surface area contributed by atoms with Crippen molar-refractivity contribution in [3.05, 3.63) is 35.9 Å². The molecule has 0 heterocycles. The molecule has 2 N–H and O–H groups in total. The Morgan fingerprint density at radius 1 is 1.47 bits per heavy atom. The summed E-state index contributed by atoms with van der Waals surface area (Å²) in [5.74, 6) is 0. The van der Waals surface area contributed by atoms with Crippen LogP contribution in [0.2, 0.25) is 0 Å². The van der Waals surface area contributed by atoms with Crippen LogP contribution in [0.4, 0.5) is 10.5 Å². The molecular weight excluding hydrogens is 192 g/mol. The van der Waals surface area contributed by atoms with Gasteiger partial charge in [-0.15, -0.1) is 0 Å². The highest BCUT2D eigenvalue weighted by Crippen LogP contribution is 2.19. The van der Waals surface area contributed by atoms with E-state index >= 15 is 0 Å². The molecule has 4 heteroatoms. The zero-order chi connectivity index (χ0) is 11.3. The van der Waals surface area contributed by atoms with Gasteiger partial charge in [0, 0.05) is 7.05 Å². The fourth-order valence-electron chi connectivity index (χ4n) is 1.18. The number of allylic oxidation sites excluding steroid dienone is 1. The van der Waals surface area contributed by atoms with Crippen molar-refractivity contribution in [3.8, 4) is 0 Å². The Hall–Kier alpha value is -2.10. The number of amides is 2. The molecule has 0 spiro atoms. The lowest BCUT2D eigenvalue weighted by atomic mass is 10.1. The molecule has 0 aliphatic rings. The molecule has 0 saturated heterocycles. The zero-order valence-electron chi connectivity index (χ0n) is 8.31. The van der Waals surface area contributed by atoms with Crippen LogP contribution in [-0.2, 0) is 4.79 Å². The fourth-order valence-corrected chi connectivity index (χ4v) is 1.18. The number of rotatable bonds is 3. The van der Waals surface area contributed by atoms with Gasteiger partial charge in [-0.3, -0.25) is 9.69 Å². The van der Waals surface area contributed by atoms with Crippen LogP contribution in [0.25, 0.3) is 6.08 Å². The van der Waals surface area contributed by atoms with Crippen LogP contribution in [0, 0.1) is 0 Å². The van der Waals surface area contributed by atoms with Crippen LogP contribution in [0.3, 0.4) is 0 Å². The minimum atomic E-state index is -0.550. The van der Waals surface area contributed by atoms with E-state index in [1.54, 1.807) is 37.6 Å². The first-order valence-corrected chi connectivity index (χ1v) is 4.33. The first-order valence-electron chi connectivity index (χ1n) is 4.33. The van der Waals surface area contributed by atoms with Crippen LogP contribution in [-0.4, -0.2) is 19.4 Å². The van der Waals surface area contributed by atoms with Gasteiger partial charge in [0.25, 0.3) is 0 Å². The summed E-state index contributed by atoms with van der Waals surface area (Å²) in [6.45, 7) is 0. The molecule has 4 nitrogen and oxygen atoms in total. The Morgan fingerprint density at radius 3 is 2.73 bits per heavy atom. The minimum absolute atomic E-state index is 0.550. The molecule has 1 radical (unpaired) electrons. The third-order valence-electron chi connectivity index (χ3n) is 1.96. The second kappa shape index (κ2) is 4.95. The summed E-state index contributed by atoms with van der Waals surface area (Å²) >= 11 is 0. The topological polar surface area (TPSA) is 63.4 Å². The monoisotopic (exact) mass is 203 g/mol. The van der Waals surface area contributed by atoms with Gasteiger partial charge in [0.1, 0.15) is 0 Å². The number of hydrogen-bond donors (Lipinski definition) is 1. The summed E-state index contributed by atoms with van der Waals surface area (Å²) in [6.07, 6.45) is 4.46. The van der Waals surface area contributed by atoms with Gasteiger partial charge in [0.05, 0.1) is 5.69 Å². The number of primary amides is 1. The van der Waals surface area contributed by atoms with Gasteiger partial charge in [-0.2, -0.15) is 0 Å². The SMILES string of the molecule is CN(C(N)=O)c1ccccc1/C=C/[C]=O. The highest BCUT2D eigenvalue weighted by Gasteiger charge is 2.08. The maximum Gasteiger partial charge on any atom is 0.319 e. The lowest BCUT2D eigenvalue weighted by molar-refractivity contribution is 0.255. The standard InChI is InChI=1S/C11H11N2O2/c1-13(11(12)15)10-7-3-2-5-9(10)6-4-8-14/h2-7H,1H3,(H2,12,15)/b6-4+. The van der Waals surface area contributed by atoms with E-state index in [0.29, 0.717) is 5.69 Å². The lowest BCUT2D eigenvalue weighted by Gasteiger charge is -2.16. The Kier molecular flexibility index (Phi) is 3.62. The molecule has 0 aliphatic heterocycles. The van der Waals surface area contributed by atoms with E-state index in [0.717, 1.165) is 5.56 Å². The van der Waals surface area contributed by atoms with E-state index in [1.807, 2.05) is 6.07 Å². The van der Waals surface area contributed by atoms with E-state index in [9.17, 15) is 9.59 Å². The average Bonchev–Trinajstić information content (AvgIpc) is 2.25. The molecule has 0 unspecified atom stereocenters. The van der Waals surface area contributed by atoms with Crippen molar-refractivity contribution >= 4 is 24.1 Å². The zero-order valence-corrected chi connectivity index (χ0v) is 8.31. The molecule has 0 bridgehead atoms. The molecule has 2 amide bonds. The summed E-state index contributed by atoms with van der Waals surface area (Å²) in [6, 6.07) is 6.57. The lowest BCUT2D eigenvalue weighted by Crippen LogP contribution is -2.32. The molecule has 0 fully saturated rings. The molecule has 1 rings (SSSR count). The number of benzene rings is 1. The third kappa shape index (κ3) is 2.67. The van der Waals surface area contributed by atoms with E-state index in [1.165, 1.54) is 11.0 Å². The number of urea groups is 1. The number of nitrogens with zero attached hydrogens (tertiary/aromatic N) is 1. The molecule has 0 saturated carbocycles. The number of nitrogens with two attached hydrogens (primary N) is 1. The highest BCUT2D eigenvalue weighted by molar-refractivity contribution is 5.93. The van der Waals surface area contributed by atoms with Crippen molar-refractivity contribution in [1.82, 2.24) is 0 Å². The first kappa shape index (κ1) is 11.0. The van der Waals surface area contributed by atoms with Gasteiger partial charge in [0.2, 0.25) is 6.29 Å². The highest BCUT2D eigenvalue weighted by atomic mass is 16.2. The van der Waals surface area contributed by atoms with E-state index < -0.39 is 6.03 Å². The minimum Gasteiger partial charge on any atom is -0.351 e. The van der Waals surface area contributed by atoms with Crippen LogP contribution in [0.5, 0.6) is 0 Å². The quantitative estimate of drug-likeness (QED) is 0.753. The normalized spacial score (nSPS) is 10.2. The summed E-state index contributed by atoms with van der Waals surface area (Å²) in [5.41, 5.74) is 6.54. The van der Waals surface area contributed by atoms with Gasteiger partial charge in [-0.25, -0.2) is 4.79 Å². The van der Waals surface area contributed by atoms with E-state index in [-0.39, 0.29) is 0 Å². The second-order valence-corrected chi connectivity index (χ2v) is 2.91. The number of hydrogen-bond acceptors (Lipinski definition) is 2. The van der Waals surface area contributed by atoms with Gasteiger partial charge in [0.15, 0.2) is 0 Å². The molecule has 15 heavy (non-hydrogen) atoms.